The first kappa shape index (κ1) is 23.0. The Hall–Kier alpha value is -2.26. The predicted octanol–water partition coefficient (Wildman–Crippen LogP) is 4.42. The van der Waals surface area contributed by atoms with E-state index in [0.717, 1.165) is 12.1 Å². The molecule has 0 atom stereocenters. The summed E-state index contributed by atoms with van der Waals surface area (Å²) in [4.78, 5) is 13.8. The predicted molar refractivity (Wildman–Crippen MR) is 105 cm³/mol. The zero-order valence-corrected chi connectivity index (χ0v) is 17.4. The molecule has 0 saturated carbocycles. The Labute approximate surface area is 172 Å². The average molecular weight is 449 g/mol. The van der Waals surface area contributed by atoms with Gasteiger partial charge in [0.1, 0.15) is 6.54 Å². The number of anilines is 1. The van der Waals surface area contributed by atoms with E-state index in [1.807, 2.05) is 0 Å². The molecule has 0 unspecified atom stereocenters. The van der Waals surface area contributed by atoms with E-state index >= 15 is 0 Å². The summed E-state index contributed by atoms with van der Waals surface area (Å²) in [6.07, 6.45) is -4.78. The molecule has 5 nitrogen and oxygen atoms in total. The second-order valence-electron chi connectivity index (χ2n) is 6.05. The molecule has 158 valence electrons. The molecule has 0 aliphatic carbocycles. The number of alkyl halides is 3. The van der Waals surface area contributed by atoms with Crippen LogP contribution >= 0.6 is 11.6 Å². The molecule has 0 saturated heterocycles. The maximum Gasteiger partial charge on any atom is 0.417 e. The molecule has 0 aliphatic heterocycles. The van der Waals surface area contributed by atoms with E-state index in [1.54, 1.807) is 19.9 Å². The average Bonchev–Trinajstić information content (AvgIpc) is 2.67. The van der Waals surface area contributed by atoms with Gasteiger partial charge in [-0.2, -0.15) is 13.2 Å². The number of carbonyl (C=O) groups excluding carboxylic acids is 1. The third-order valence-electron chi connectivity index (χ3n) is 4.27. The molecule has 0 N–H and O–H groups in total. The van der Waals surface area contributed by atoms with Crippen molar-refractivity contribution in [1.29, 1.82) is 0 Å². The van der Waals surface area contributed by atoms with Crippen molar-refractivity contribution in [2.75, 3.05) is 23.9 Å². The number of benzene rings is 2. The smallest absolute Gasteiger partial charge is 0.342 e. The lowest BCUT2D eigenvalue weighted by Gasteiger charge is -2.28. The first-order valence-corrected chi connectivity index (χ1v) is 10.6. The molecule has 2 rings (SSSR count). The Kier molecular flexibility index (Phi) is 7.18. The molecule has 10 heteroatoms. The van der Waals surface area contributed by atoms with Crippen LogP contribution in [0.25, 0.3) is 0 Å². The summed E-state index contributed by atoms with van der Waals surface area (Å²) < 4.78 is 66.8. The third kappa shape index (κ3) is 5.22. The van der Waals surface area contributed by atoms with Crippen molar-refractivity contribution in [3.63, 3.8) is 0 Å². The van der Waals surface area contributed by atoms with Gasteiger partial charge in [0.25, 0.3) is 10.0 Å². The number of nitrogens with zero attached hydrogens (tertiary/aromatic N) is 2. The summed E-state index contributed by atoms with van der Waals surface area (Å²) in [6.45, 7) is 3.48. The number of carbonyl (C=O) groups is 1. The van der Waals surface area contributed by atoms with Gasteiger partial charge in [-0.15, -0.1) is 0 Å². The fourth-order valence-corrected chi connectivity index (χ4v) is 4.37. The standard InChI is InChI=1S/C19H20ClF3N2O3S/c1-3-24(4-2)18(26)13-25(29(27,28)15-8-6-5-7-9-15)14-10-11-17(20)16(12-14)19(21,22)23/h5-12H,3-4,13H2,1-2H3. The number of halogens is 4. The van der Waals surface area contributed by atoms with E-state index in [9.17, 15) is 26.4 Å². The van der Waals surface area contributed by atoms with Crippen LogP contribution in [0.2, 0.25) is 5.02 Å². The maximum atomic E-state index is 13.3. The molecule has 0 fully saturated rings. The third-order valence-corrected chi connectivity index (χ3v) is 6.39. The van der Waals surface area contributed by atoms with Crippen molar-refractivity contribution in [2.45, 2.75) is 24.9 Å². The number of hydrogen-bond donors (Lipinski definition) is 0. The quantitative estimate of drug-likeness (QED) is 0.630. The van der Waals surface area contributed by atoms with Crippen molar-refractivity contribution >= 4 is 33.2 Å². The van der Waals surface area contributed by atoms with Gasteiger partial charge in [0.2, 0.25) is 5.91 Å². The van der Waals surface area contributed by atoms with Crippen LogP contribution in [0, 0.1) is 0 Å². The second kappa shape index (κ2) is 9.04. The van der Waals surface area contributed by atoms with Crippen LogP contribution in [0.5, 0.6) is 0 Å². The minimum absolute atomic E-state index is 0.143. The lowest BCUT2D eigenvalue weighted by atomic mass is 10.2. The normalized spacial score (nSPS) is 11.9. The van der Waals surface area contributed by atoms with Gasteiger partial charge in [0.15, 0.2) is 0 Å². The fourth-order valence-electron chi connectivity index (χ4n) is 2.72. The zero-order chi connectivity index (χ0) is 21.8. The number of hydrogen-bond acceptors (Lipinski definition) is 3. The highest BCUT2D eigenvalue weighted by Crippen LogP contribution is 2.38. The van der Waals surface area contributed by atoms with Crippen molar-refractivity contribution in [3.8, 4) is 0 Å². The van der Waals surface area contributed by atoms with Crippen LogP contribution in [0.3, 0.4) is 0 Å². The van der Waals surface area contributed by atoms with E-state index in [2.05, 4.69) is 0 Å². The summed E-state index contributed by atoms with van der Waals surface area (Å²) in [5.41, 5.74) is -1.48. The molecule has 2 aromatic rings. The van der Waals surface area contributed by atoms with Gasteiger partial charge in [0, 0.05) is 13.1 Å². The molecule has 0 spiro atoms. The van der Waals surface area contributed by atoms with E-state index in [-0.39, 0.29) is 10.6 Å². The zero-order valence-electron chi connectivity index (χ0n) is 15.8. The van der Waals surface area contributed by atoms with Crippen LogP contribution in [0.15, 0.2) is 53.4 Å². The Morgan fingerprint density at radius 1 is 1.03 bits per heavy atom. The summed E-state index contributed by atoms with van der Waals surface area (Å²) in [6, 6.07) is 9.95. The summed E-state index contributed by atoms with van der Waals surface area (Å²) >= 11 is 5.65. The molecule has 0 aliphatic rings. The van der Waals surface area contributed by atoms with Gasteiger partial charge < -0.3 is 4.90 Å². The second-order valence-corrected chi connectivity index (χ2v) is 8.32. The van der Waals surface area contributed by atoms with Gasteiger partial charge in [-0.1, -0.05) is 29.8 Å². The first-order valence-electron chi connectivity index (χ1n) is 8.74. The van der Waals surface area contributed by atoms with Crippen molar-refractivity contribution in [2.24, 2.45) is 0 Å². The van der Waals surface area contributed by atoms with Crippen LogP contribution in [-0.4, -0.2) is 38.9 Å². The number of likely N-dealkylation sites (N-methyl/N-ethyl adjacent to an activating group) is 1. The highest BCUT2D eigenvalue weighted by atomic mass is 35.5. The van der Waals surface area contributed by atoms with E-state index in [1.165, 1.54) is 29.2 Å². The molecule has 0 radical (unpaired) electrons. The SMILES string of the molecule is CCN(CC)C(=O)CN(c1ccc(Cl)c(C(F)(F)F)c1)S(=O)(=O)c1ccccc1. The fraction of sp³-hybridized carbons (Fsp3) is 0.316. The topological polar surface area (TPSA) is 57.7 Å². The van der Waals surface area contributed by atoms with Gasteiger partial charge >= 0.3 is 6.18 Å². The largest absolute Gasteiger partial charge is 0.417 e. The lowest BCUT2D eigenvalue weighted by Crippen LogP contribution is -2.43. The minimum Gasteiger partial charge on any atom is -0.342 e. The van der Waals surface area contributed by atoms with Crippen LogP contribution in [-0.2, 0) is 21.0 Å². The van der Waals surface area contributed by atoms with Crippen LogP contribution < -0.4 is 4.31 Å². The lowest BCUT2D eigenvalue weighted by molar-refractivity contribution is -0.137. The van der Waals surface area contributed by atoms with Crippen molar-refractivity contribution in [1.82, 2.24) is 4.90 Å². The molecule has 29 heavy (non-hydrogen) atoms. The first-order chi connectivity index (χ1) is 13.5. The molecule has 0 aromatic heterocycles. The molecule has 1 amide bonds. The highest BCUT2D eigenvalue weighted by molar-refractivity contribution is 7.92. The van der Waals surface area contributed by atoms with Crippen LogP contribution in [0.4, 0.5) is 18.9 Å². The Bertz CT molecular complexity index is 962. The minimum atomic E-state index is -4.78. The van der Waals surface area contributed by atoms with Gasteiger partial charge in [-0.05, 0) is 44.2 Å². The Balaban J connectivity index is 2.61. The van der Waals surface area contributed by atoms with Crippen molar-refractivity contribution in [3.05, 3.63) is 59.1 Å². The van der Waals surface area contributed by atoms with Gasteiger partial charge in [0.05, 0.1) is 21.2 Å². The summed E-state index contributed by atoms with van der Waals surface area (Å²) in [5.74, 6) is -0.530. The maximum absolute atomic E-state index is 13.3. The summed E-state index contributed by atoms with van der Waals surface area (Å²) in [5, 5.41) is -0.562. The Morgan fingerprint density at radius 3 is 2.14 bits per heavy atom. The number of rotatable bonds is 7. The monoisotopic (exact) mass is 448 g/mol. The van der Waals surface area contributed by atoms with Gasteiger partial charge in [-0.25, -0.2) is 8.42 Å². The Morgan fingerprint density at radius 2 is 1.62 bits per heavy atom. The molecular weight excluding hydrogens is 429 g/mol. The van der Waals surface area contributed by atoms with E-state index in [0.29, 0.717) is 23.5 Å². The van der Waals surface area contributed by atoms with E-state index < -0.39 is 39.2 Å². The number of sulfonamides is 1. The molecule has 2 aromatic carbocycles. The van der Waals surface area contributed by atoms with Gasteiger partial charge in [-0.3, -0.25) is 9.10 Å². The molecule has 0 bridgehead atoms. The summed E-state index contributed by atoms with van der Waals surface area (Å²) in [7, 11) is -4.30. The number of amides is 1. The molecule has 0 heterocycles. The highest BCUT2D eigenvalue weighted by Gasteiger charge is 2.35. The molecular formula is C19H20ClF3N2O3S. The van der Waals surface area contributed by atoms with E-state index in [4.69, 9.17) is 11.6 Å². The van der Waals surface area contributed by atoms with Crippen LogP contribution in [0.1, 0.15) is 19.4 Å². The van der Waals surface area contributed by atoms with Crippen molar-refractivity contribution < 1.29 is 26.4 Å².